The summed E-state index contributed by atoms with van der Waals surface area (Å²) in [5.41, 5.74) is 1.42. The van der Waals surface area contributed by atoms with Crippen LogP contribution in [-0.4, -0.2) is 29.8 Å². The van der Waals surface area contributed by atoms with Crippen LogP contribution >= 0.6 is 11.3 Å². The summed E-state index contributed by atoms with van der Waals surface area (Å²) in [5, 5.41) is 4.34. The zero-order valence-corrected chi connectivity index (χ0v) is 16.1. The number of anilines is 1. The molecule has 3 rings (SSSR count). The molecule has 3 aromatic rings. The van der Waals surface area contributed by atoms with Gasteiger partial charge in [0.2, 0.25) is 0 Å². The highest BCUT2D eigenvalue weighted by Crippen LogP contribution is 2.40. The molecule has 0 aliphatic rings. The largest absolute Gasteiger partial charge is 0.465 e. The van der Waals surface area contributed by atoms with Gasteiger partial charge < -0.3 is 9.47 Å². The summed E-state index contributed by atoms with van der Waals surface area (Å²) in [6.45, 7) is 7.25. The highest BCUT2D eigenvalue weighted by molar-refractivity contribution is 7.21. The summed E-state index contributed by atoms with van der Waals surface area (Å²) in [6, 6.07) is 7.63. The molecule has 6 nitrogen and oxygen atoms in total. The second kappa shape index (κ2) is 6.57. The molecule has 0 unspecified atom stereocenters. The topological polar surface area (TPSA) is 77.5 Å². The van der Waals surface area contributed by atoms with Crippen LogP contribution < -0.4 is 5.32 Å². The third kappa shape index (κ3) is 3.48. The van der Waals surface area contributed by atoms with E-state index in [1.807, 2.05) is 31.2 Å². The number of benzene rings is 1. The lowest BCUT2D eigenvalue weighted by atomic mass is 10.1. The van der Waals surface area contributed by atoms with Gasteiger partial charge in [-0.3, -0.25) is 10.3 Å². The molecule has 1 N–H and O–H groups in total. The lowest BCUT2D eigenvalue weighted by molar-refractivity contribution is 0.0607. The number of carbonyl (C=O) groups is 2. The van der Waals surface area contributed by atoms with E-state index < -0.39 is 17.7 Å². The number of thiophene rings is 1. The zero-order valence-electron chi connectivity index (χ0n) is 15.3. The number of rotatable bonds is 2. The molecule has 2 heterocycles. The van der Waals surface area contributed by atoms with Gasteiger partial charge in [0.1, 0.15) is 10.5 Å². The van der Waals surface area contributed by atoms with E-state index in [0.29, 0.717) is 10.6 Å². The number of esters is 1. The van der Waals surface area contributed by atoms with E-state index in [1.54, 1.807) is 20.8 Å². The minimum Gasteiger partial charge on any atom is -0.465 e. The third-order valence-corrected chi connectivity index (χ3v) is 4.79. The number of carbonyl (C=O) groups excluding carboxylic acids is 2. The van der Waals surface area contributed by atoms with Gasteiger partial charge in [-0.05, 0) is 45.9 Å². The number of fused-ring (bicyclic) bond motifs is 3. The van der Waals surface area contributed by atoms with Crippen LogP contribution in [-0.2, 0) is 9.47 Å². The van der Waals surface area contributed by atoms with Crippen molar-refractivity contribution in [2.45, 2.75) is 33.3 Å². The Morgan fingerprint density at radius 1 is 1.15 bits per heavy atom. The van der Waals surface area contributed by atoms with Crippen LogP contribution in [0, 0.1) is 6.92 Å². The number of aryl methyl sites for hydroxylation is 1. The Kier molecular flexibility index (Phi) is 4.58. The molecule has 0 atom stereocenters. The predicted molar refractivity (Wildman–Crippen MR) is 103 cm³/mol. The smallest absolute Gasteiger partial charge is 0.412 e. The maximum Gasteiger partial charge on any atom is 0.412 e. The molecular weight excluding hydrogens is 352 g/mol. The van der Waals surface area contributed by atoms with Gasteiger partial charge >= 0.3 is 12.1 Å². The molecule has 0 aliphatic carbocycles. The summed E-state index contributed by atoms with van der Waals surface area (Å²) in [6.07, 6.45) is -0.626. The van der Waals surface area contributed by atoms with Crippen molar-refractivity contribution in [3.63, 3.8) is 0 Å². The van der Waals surface area contributed by atoms with Crippen molar-refractivity contribution in [1.29, 1.82) is 0 Å². The normalized spacial score (nSPS) is 11.6. The van der Waals surface area contributed by atoms with Gasteiger partial charge in [-0.15, -0.1) is 11.3 Å². The van der Waals surface area contributed by atoms with Gasteiger partial charge in [-0.25, -0.2) is 9.59 Å². The van der Waals surface area contributed by atoms with E-state index in [4.69, 9.17) is 9.47 Å². The molecular formula is C19H20N2O4S. The van der Waals surface area contributed by atoms with Crippen molar-refractivity contribution in [1.82, 2.24) is 4.98 Å². The SMILES string of the molecule is COC(=O)c1sc2ccc3nc(C)ccc3c2c1NC(=O)OC(C)(C)C. The summed E-state index contributed by atoms with van der Waals surface area (Å²) in [5.74, 6) is -0.509. The van der Waals surface area contributed by atoms with Crippen molar-refractivity contribution < 1.29 is 19.1 Å². The highest BCUT2D eigenvalue weighted by atomic mass is 32.1. The Labute approximate surface area is 155 Å². The number of nitrogens with one attached hydrogen (secondary N) is 1. The number of nitrogens with zero attached hydrogens (tertiary/aromatic N) is 1. The van der Waals surface area contributed by atoms with Gasteiger partial charge in [0.25, 0.3) is 0 Å². The number of hydrogen-bond donors (Lipinski definition) is 1. The lowest BCUT2D eigenvalue weighted by Gasteiger charge is -2.20. The van der Waals surface area contributed by atoms with Crippen molar-refractivity contribution in [3.05, 3.63) is 34.8 Å². The first-order valence-corrected chi connectivity index (χ1v) is 8.92. The van der Waals surface area contributed by atoms with E-state index in [-0.39, 0.29) is 0 Å². The molecule has 0 saturated carbocycles. The average molecular weight is 372 g/mol. The van der Waals surface area contributed by atoms with E-state index in [2.05, 4.69) is 10.3 Å². The van der Waals surface area contributed by atoms with Crippen LogP contribution in [0.25, 0.3) is 21.0 Å². The maximum absolute atomic E-state index is 12.3. The van der Waals surface area contributed by atoms with Crippen molar-refractivity contribution in [2.24, 2.45) is 0 Å². The van der Waals surface area contributed by atoms with Gasteiger partial charge in [0.05, 0.1) is 18.3 Å². The minimum absolute atomic E-state index is 0.321. The van der Waals surface area contributed by atoms with Crippen LogP contribution in [0.1, 0.15) is 36.1 Å². The number of amides is 1. The highest BCUT2D eigenvalue weighted by Gasteiger charge is 2.24. The van der Waals surface area contributed by atoms with Crippen LogP contribution in [0.3, 0.4) is 0 Å². The summed E-state index contributed by atoms with van der Waals surface area (Å²) >= 11 is 1.26. The van der Waals surface area contributed by atoms with Crippen LogP contribution in [0.5, 0.6) is 0 Å². The number of aromatic nitrogens is 1. The Morgan fingerprint density at radius 3 is 2.54 bits per heavy atom. The summed E-state index contributed by atoms with van der Waals surface area (Å²) in [7, 11) is 1.31. The molecule has 1 aromatic carbocycles. The van der Waals surface area contributed by atoms with Crippen molar-refractivity contribution in [3.8, 4) is 0 Å². The van der Waals surface area contributed by atoms with E-state index >= 15 is 0 Å². The maximum atomic E-state index is 12.3. The number of pyridine rings is 1. The van der Waals surface area contributed by atoms with Gasteiger partial charge in [-0.1, -0.05) is 6.07 Å². The minimum atomic E-state index is -0.651. The fraction of sp³-hybridized carbons (Fsp3) is 0.316. The molecule has 136 valence electrons. The first-order chi connectivity index (χ1) is 12.2. The molecule has 0 aliphatic heterocycles. The van der Waals surface area contributed by atoms with Crippen molar-refractivity contribution >= 4 is 50.1 Å². The van der Waals surface area contributed by atoms with Gasteiger partial charge in [0.15, 0.2) is 0 Å². The first-order valence-electron chi connectivity index (χ1n) is 8.11. The monoisotopic (exact) mass is 372 g/mol. The summed E-state index contributed by atoms with van der Waals surface area (Å²) in [4.78, 5) is 29.4. The fourth-order valence-electron chi connectivity index (χ4n) is 2.66. The molecule has 1 amide bonds. The second-order valence-corrected chi connectivity index (χ2v) is 7.93. The lowest BCUT2D eigenvalue weighted by Crippen LogP contribution is -2.27. The second-order valence-electron chi connectivity index (χ2n) is 6.88. The molecule has 7 heteroatoms. The van der Waals surface area contributed by atoms with Crippen LogP contribution in [0.2, 0.25) is 0 Å². The van der Waals surface area contributed by atoms with E-state index in [0.717, 1.165) is 26.7 Å². The predicted octanol–water partition coefficient (Wildman–Crippen LogP) is 4.89. The van der Waals surface area contributed by atoms with Crippen LogP contribution in [0.4, 0.5) is 10.5 Å². The Bertz CT molecular complexity index is 1020. The van der Waals surface area contributed by atoms with Crippen LogP contribution in [0.15, 0.2) is 24.3 Å². The average Bonchev–Trinajstić information content (AvgIpc) is 2.90. The summed E-state index contributed by atoms with van der Waals surface area (Å²) < 4.78 is 11.1. The quantitative estimate of drug-likeness (QED) is 0.648. The van der Waals surface area contributed by atoms with Crippen molar-refractivity contribution in [2.75, 3.05) is 12.4 Å². The Morgan fingerprint density at radius 2 is 1.88 bits per heavy atom. The molecule has 0 fully saturated rings. The fourth-order valence-corrected chi connectivity index (χ4v) is 3.76. The Hall–Kier alpha value is -2.67. The number of hydrogen-bond acceptors (Lipinski definition) is 6. The molecule has 2 aromatic heterocycles. The van der Waals surface area contributed by atoms with Gasteiger partial charge in [-0.2, -0.15) is 0 Å². The number of methoxy groups -OCH3 is 1. The number of ether oxygens (including phenoxy) is 2. The van der Waals surface area contributed by atoms with E-state index in [1.165, 1.54) is 18.4 Å². The Balaban J connectivity index is 2.22. The van der Waals surface area contributed by atoms with E-state index in [9.17, 15) is 9.59 Å². The molecule has 0 bridgehead atoms. The first kappa shape index (κ1) is 18.1. The molecule has 0 radical (unpaired) electrons. The zero-order chi connectivity index (χ0) is 19.1. The molecule has 0 saturated heterocycles. The molecule has 0 spiro atoms. The van der Waals surface area contributed by atoms with Gasteiger partial charge in [0, 0.05) is 21.2 Å². The molecule has 26 heavy (non-hydrogen) atoms. The standard InChI is InChI=1S/C19H20N2O4S/c1-10-6-7-11-12(20-10)8-9-13-14(11)15(16(26-13)17(22)24-5)21-18(23)25-19(2,3)4/h6-9H,1-5H3,(H,21,23). The third-order valence-electron chi connectivity index (χ3n) is 3.66.